The summed E-state index contributed by atoms with van der Waals surface area (Å²) in [6, 6.07) is 13.8. The average molecular weight is 526 g/mol. The second-order valence-corrected chi connectivity index (χ2v) is 8.69. The molecule has 1 heterocycles. The van der Waals surface area contributed by atoms with Gasteiger partial charge in [-0.25, -0.2) is 13.8 Å². The van der Waals surface area contributed by atoms with E-state index in [4.69, 9.17) is 9.47 Å². The van der Waals surface area contributed by atoms with E-state index in [9.17, 15) is 22.0 Å². The van der Waals surface area contributed by atoms with E-state index in [2.05, 4.69) is 14.1 Å². The second kappa shape index (κ2) is 10.5. The molecule has 0 aliphatic rings. The molecule has 4 aromatic rings. The largest absolute Gasteiger partial charge is 0.497 e. The Bertz CT molecular complexity index is 1320. The van der Waals surface area contributed by atoms with Crippen LogP contribution < -0.4 is 14.2 Å². The van der Waals surface area contributed by atoms with Gasteiger partial charge in [-0.05, 0) is 35.7 Å². The van der Waals surface area contributed by atoms with Gasteiger partial charge >= 0.3 is 6.18 Å². The Labute approximate surface area is 205 Å². The summed E-state index contributed by atoms with van der Waals surface area (Å²) in [6.45, 7) is 0. The number of hydrogen-bond donors (Lipinski definition) is 1. The lowest BCUT2D eigenvalue weighted by molar-refractivity contribution is -0.137. The van der Waals surface area contributed by atoms with E-state index in [1.165, 1.54) is 7.11 Å². The average Bonchev–Trinajstić information content (AvgIpc) is 3.27. The summed E-state index contributed by atoms with van der Waals surface area (Å²) in [5.74, 6) is -2.30. The van der Waals surface area contributed by atoms with Crippen LogP contribution in [0.3, 0.4) is 0 Å². The van der Waals surface area contributed by atoms with Crippen LogP contribution in [0, 0.1) is 11.6 Å². The number of anilines is 1. The third-order valence-electron chi connectivity index (χ3n) is 4.58. The van der Waals surface area contributed by atoms with Crippen LogP contribution in [0.4, 0.5) is 27.1 Å². The minimum atomic E-state index is -4.67. The molecule has 0 unspecified atom stereocenters. The van der Waals surface area contributed by atoms with Crippen LogP contribution in [0.5, 0.6) is 17.2 Å². The first kappa shape index (κ1) is 24.7. The van der Waals surface area contributed by atoms with Gasteiger partial charge in [-0.1, -0.05) is 30.3 Å². The zero-order chi connectivity index (χ0) is 25.0. The summed E-state index contributed by atoms with van der Waals surface area (Å²) in [4.78, 5) is 4.22. The SMILES string of the molecule is COc1cc(Oc2cc(F)c(SNc3nc(Cc4ccccc4)ns3)cc2F)cc(C(F)(F)F)c1. The Morgan fingerprint density at radius 1 is 0.971 bits per heavy atom. The van der Waals surface area contributed by atoms with Gasteiger partial charge in [0.25, 0.3) is 0 Å². The fourth-order valence-electron chi connectivity index (χ4n) is 2.95. The maximum Gasteiger partial charge on any atom is 0.416 e. The molecule has 1 aromatic heterocycles. The van der Waals surface area contributed by atoms with Crippen molar-refractivity contribution in [3.63, 3.8) is 0 Å². The van der Waals surface area contributed by atoms with Crippen molar-refractivity contribution in [3.05, 3.63) is 89.2 Å². The van der Waals surface area contributed by atoms with E-state index in [0.717, 1.165) is 53.3 Å². The molecule has 0 radical (unpaired) electrons. The molecular formula is C23H16F5N3O2S2. The van der Waals surface area contributed by atoms with Crippen molar-refractivity contribution in [1.29, 1.82) is 0 Å². The van der Waals surface area contributed by atoms with E-state index < -0.39 is 29.1 Å². The van der Waals surface area contributed by atoms with Crippen LogP contribution in [0.2, 0.25) is 0 Å². The maximum atomic E-state index is 14.6. The van der Waals surface area contributed by atoms with Gasteiger partial charge in [0.1, 0.15) is 23.1 Å². The molecule has 4 rings (SSSR count). The van der Waals surface area contributed by atoms with Gasteiger partial charge < -0.3 is 14.2 Å². The third kappa shape index (κ3) is 6.40. The number of aromatic nitrogens is 2. The van der Waals surface area contributed by atoms with Crippen molar-refractivity contribution in [1.82, 2.24) is 9.36 Å². The van der Waals surface area contributed by atoms with Crippen LogP contribution in [-0.4, -0.2) is 16.5 Å². The summed E-state index contributed by atoms with van der Waals surface area (Å²) >= 11 is 1.85. The molecule has 182 valence electrons. The number of ether oxygens (including phenoxy) is 2. The van der Waals surface area contributed by atoms with Crippen LogP contribution in [0.15, 0.2) is 65.6 Å². The van der Waals surface area contributed by atoms with Crippen LogP contribution in [0.25, 0.3) is 0 Å². The van der Waals surface area contributed by atoms with E-state index in [1.54, 1.807) is 0 Å². The van der Waals surface area contributed by atoms with Gasteiger partial charge in [-0.2, -0.15) is 17.5 Å². The lowest BCUT2D eigenvalue weighted by atomic mass is 10.1. The molecule has 0 saturated carbocycles. The lowest BCUT2D eigenvalue weighted by Gasteiger charge is -2.13. The number of nitrogens with zero attached hydrogens (tertiary/aromatic N) is 2. The lowest BCUT2D eigenvalue weighted by Crippen LogP contribution is -2.05. The molecule has 0 fully saturated rings. The summed E-state index contributed by atoms with van der Waals surface area (Å²) < 4.78 is 85.6. The molecule has 0 atom stereocenters. The van der Waals surface area contributed by atoms with Crippen molar-refractivity contribution in [2.75, 3.05) is 11.8 Å². The van der Waals surface area contributed by atoms with Crippen molar-refractivity contribution < 1.29 is 31.4 Å². The summed E-state index contributed by atoms with van der Waals surface area (Å²) in [6.07, 6.45) is -4.15. The molecule has 0 aliphatic heterocycles. The van der Waals surface area contributed by atoms with E-state index in [1.807, 2.05) is 30.3 Å². The van der Waals surface area contributed by atoms with Gasteiger partial charge in [-0.15, -0.1) is 0 Å². The predicted molar refractivity (Wildman–Crippen MR) is 123 cm³/mol. The maximum absolute atomic E-state index is 14.6. The van der Waals surface area contributed by atoms with E-state index in [-0.39, 0.29) is 16.4 Å². The number of hydrogen-bond acceptors (Lipinski definition) is 7. The quantitative estimate of drug-likeness (QED) is 0.192. The highest BCUT2D eigenvalue weighted by molar-refractivity contribution is 8.00. The Balaban J connectivity index is 1.45. The van der Waals surface area contributed by atoms with Crippen LogP contribution in [0.1, 0.15) is 17.0 Å². The van der Waals surface area contributed by atoms with Crippen LogP contribution >= 0.6 is 23.5 Å². The number of benzene rings is 3. The molecule has 35 heavy (non-hydrogen) atoms. The topological polar surface area (TPSA) is 56.3 Å². The Kier molecular flexibility index (Phi) is 7.41. The highest BCUT2D eigenvalue weighted by atomic mass is 32.2. The number of methoxy groups -OCH3 is 1. The van der Waals surface area contributed by atoms with Gasteiger partial charge in [-0.3, -0.25) is 0 Å². The molecule has 0 bridgehead atoms. The van der Waals surface area contributed by atoms with Crippen LogP contribution in [-0.2, 0) is 12.6 Å². The van der Waals surface area contributed by atoms with E-state index >= 15 is 0 Å². The molecule has 0 aliphatic carbocycles. The van der Waals surface area contributed by atoms with Crippen molar-refractivity contribution in [2.45, 2.75) is 17.5 Å². The highest BCUT2D eigenvalue weighted by Gasteiger charge is 2.32. The monoisotopic (exact) mass is 525 g/mol. The third-order valence-corrected chi connectivity index (χ3v) is 6.20. The molecule has 3 aromatic carbocycles. The summed E-state index contributed by atoms with van der Waals surface area (Å²) in [5.41, 5.74) is -0.0144. The molecule has 12 heteroatoms. The smallest absolute Gasteiger partial charge is 0.416 e. The normalized spacial score (nSPS) is 11.4. The van der Waals surface area contributed by atoms with Gasteiger partial charge in [0.05, 0.1) is 17.6 Å². The van der Waals surface area contributed by atoms with Crippen molar-refractivity contribution in [3.8, 4) is 17.2 Å². The highest BCUT2D eigenvalue weighted by Crippen LogP contribution is 2.38. The molecule has 0 spiro atoms. The Morgan fingerprint density at radius 3 is 2.43 bits per heavy atom. The minimum absolute atomic E-state index is 0.101. The number of halogens is 5. The predicted octanol–water partition coefficient (Wildman–Crippen LogP) is 7.35. The molecule has 1 N–H and O–H groups in total. The second-order valence-electron chi connectivity index (χ2n) is 7.09. The summed E-state index contributed by atoms with van der Waals surface area (Å²) in [5, 5.41) is 0.400. The van der Waals surface area contributed by atoms with Gasteiger partial charge in [0.15, 0.2) is 11.6 Å². The first-order valence-electron chi connectivity index (χ1n) is 9.94. The van der Waals surface area contributed by atoms with Crippen molar-refractivity contribution >= 4 is 28.6 Å². The zero-order valence-electron chi connectivity index (χ0n) is 17.9. The standard InChI is InChI=1S/C23H16F5N3O2S2/c1-32-15-8-14(23(26,27)28)9-16(10-15)33-19-11-18(25)20(12-17(19)24)34-31-22-29-21(30-35-22)7-13-5-3-2-4-6-13/h2-6,8-12H,7H2,1H3,(H,29,30,31). The fourth-order valence-corrected chi connectivity index (χ4v) is 4.23. The Morgan fingerprint density at radius 2 is 1.71 bits per heavy atom. The first-order valence-corrected chi connectivity index (χ1v) is 11.5. The van der Waals surface area contributed by atoms with Crippen molar-refractivity contribution in [2.24, 2.45) is 0 Å². The minimum Gasteiger partial charge on any atom is -0.497 e. The first-order chi connectivity index (χ1) is 16.7. The number of nitrogens with one attached hydrogen (secondary N) is 1. The molecular weight excluding hydrogens is 509 g/mol. The van der Waals surface area contributed by atoms with Gasteiger partial charge in [0.2, 0.25) is 5.13 Å². The number of alkyl halides is 3. The summed E-state index contributed by atoms with van der Waals surface area (Å²) in [7, 11) is 1.18. The molecule has 0 amide bonds. The molecule has 5 nitrogen and oxygen atoms in total. The molecule has 0 saturated heterocycles. The zero-order valence-corrected chi connectivity index (χ0v) is 19.5. The number of rotatable bonds is 8. The van der Waals surface area contributed by atoms with Gasteiger partial charge in [0, 0.05) is 30.1 Å². The fraction of sp³-hybridized carbons (Fsp3) is 0.130. The van der Waals surface area contributed by atoms with E-state index in [0.29, 0.717) is 23.4 Å². The Hall–Kier alpha value is -3.38.